The number of phenols is 1. The number of benzene rings is 1. The van der Waals surface area contributed by atoms with Crippen LogP contribution >= 0.6 is 0 Å². The molecule has 0 aliphatic carbocycles. The van der Waals surface area contributed by atoms with Crippen molar-refractivity contribution in [2.45, 2.75) is 20.3 Å². The number of ether oxygens (including phenoxy) is 1. The van der Waals surface area contributed by atoms with E-state index in [-0.39, 0.29) is 11.3 Å². The number of nitrogens with zero attached hydrogens (tertiary/aromatic N) is 1. The van der Waals surface area contributed by atoms with E-state index in [2.05, 4.69) is 11.6 Å². The molecule has 0 saturated carbocycles. The molecule has 2 N–H and O–H groups in total. The van der Waals surface area contributed by atoms with E-state index in [1.54, 1.807) is 31.2 Å². The minimum atomic E-state index is -0.432. The maximum Gasteiger partial charge on any atom is 0.266 e. The first-order chi connectivity index (χ1) is 11.0. The first kappa shape index (κ1) is 16.4. The van der Waals surface area contributed by atoms with Crippen molar-refractivity contribution in [3.8, 4) is 28.7 Å². The van der Waals surface area contributed by atoms with Gasteiger partial charge in [0.1, 0.15) is 11.6 Å². The van der Waals surface area contributed by atoms with Gasteiger partial charge in [0.2, 0.25) is 0 Å². The van der Waals surface area contributed by atoms with Gasteiger partial charge in [-0.05, 0) is 44.0 Å². The normalized spacial score (nSPS) is 10.1. The van der Waals surface area contributed by atoms with Crippen molar-refractivity contribution >= 4 is 0 Å². The van der Waals surface area contributed by atoms with Gasteiger partial charge in [-0.25, -0.2) is 0 Å². The molecule has 1 heterocycles. The van der Waals surface area contributed by atoms with E-state index in [9.17, 15) is 15.2 Å². The van der Waals surface area contributed by atoms with E-state index in [0.29, 0.717) is 41.2 Å². The number of hydrogen-bond acceptors (Lipinski definition) is 4. The Hall–Kier alpha value is -3.00. The van der Waals surface area contributed by atoms with Crippen molar-refractivity contribution in [3.63, 3.8) is 0 Å². The van der Waals surface area contributed by atoms with Crippen LogP contribution in [0.15, 0.2) is 35.6 Å². The fourth-order valence-corrected chi connectivity index (χ4v) is 2.43. The lowest BCUT2D eigenvalue weighted by molar-refractivity contribution is 0.317. The Bertz CT molecular complexity index is 845. The SMILES string of the molecule is C=CCc1cc(-c2cc(C)[nH]c(=O)c2C#N)cc(OCC)c1O. The molecule has 2 rings (SSSR count). The highest BCUT2D eigenvalue weighted by atomic mass is 16.5. The van der Waals surface area contributed by atoms with E-state index in [1.165, 1.54) is 0 Å². The summed E-state index contributed by atoms with van der Waals surface area (Å²) >= 11 is 0. The van der Waals surface area contributed by atoms with Gasteiger partial charge in [0, 0.05) is 16.8 Å². The molecule has 0 fully saturated rings. The predicted octanol–water partition coefficient (Wildman–Crippen LogP) is 3.05. The van der Waals surface area contributed by atoms with Gasteiger partial charge in [-0.3, -0.25) is 4.79 Å². The van der Waals surface area contributed by atoms with Crippen LogP contribution < -0.4 is 10.3 Å². The van der Waals surface area contributed by atoms with Gasteiger partial charge in [0.05, 0.1) is 6.61 Å². The maximum atomic E-state index is 12.0. The number of rotatable bonds is 5. The molecule has 0 spiro atoms. The average molecular weight is 310 g/mol. The maximum absolute atomic E-state index is 12.0. The lowest BCUT2D eigenvalue weighted by Gasteiger charge is -2.13. The van der Waals surface area contributed by atoms with Crippen molar-refractivity contribution in [2.24, 2.45) is 0 Å². The third kappa shape index (κ3) is 3.27. The summed E-state index contributed by atoms with van der Waals surface area (Å²) in [5.41, 5.74) is 2.05. The van der Waals surface area contributed by atoms with Crippen molar-refractivity contribution < 1.29 is 9.84 Å². The van der Waals surface area contributed by atoms with Crippen LogP contribution in [0, 0.1) is 18.3 Å². The zero-order valence-electron chi connectivity index (χ0n) is 13.1. The van der Waals surface area contributed by atoms with Crippen molar-refractivity contribution in [1.82, 2.24) is 4.98 Å². The quantitative estimate of drug-likeness (QED) is 0.831. The summed E-state index contributed by atoms with van der Waals surface area (Å²) in [6.07, 6.45) is 2.12. The number of aromatic hydroxyl groups is 1. The second-order valence-electron chi connectivity index (χ2n) is 5.09. The Morgan fingerprint density at radius 1 is 1.43 bits per heavy atom. The Morgan fingerprint density at radius 3 is 2.78 bits per heavy atom. The highest BCUT2D eigenvalue weighted by Gasteiger charge is 2.15. The molecule has 118 valence electrons. The van der Waals surface area contributed by atoms with Crippen LogP contribution in [0.1, 0.15) is 23.7 Å². The summed E-state index contributed by atoms with van der Waals surface area (Å²) in [5.74, 6) is 0.374. The minimum Gasteiger partial charge on any atom is -0.504 e. The van der Waals surface area contributed by atoms with Gasteiger partial charge in [-0.15, -0.1) is 6.58 Å². The average Bonchev–Trinajstić information content (AvgIpc) is 2.50. The summed E-state index contributed by atoms with van der Waals surface area (Å²) in [6, 6.07) is 7.06. The topological polar surface area (TPSA) is 86.1 Å². The van der Waals surface area contributed by atoms with Gasteiger partial charge in [-0.1, -0.05) is 6.08 Å². The minimum absolute atomic E-state index is 0.0355. The van der Waals surface area contributed by atoms with E-state index >= 15 is 0 Å². The van der Waals surface area contributed by atoms with Crippen LogP contribution in [-0.4, -0.2) is 16.7 Å². The fraction of sp³-hybridized carbons (Fsp3) is 0.222. The lowest BCUT2D eigenvalue weighted by Crippen LogP contribution is -2.12. The van der Waals surface area contributed by atoms with E-state index < -0.39 is 5.56 Å². The first-order valence-electron chi connectivity index (χ1n) is 7.25. The number of H-pyrrole nitrogens is 1. The molecule has 2 aromatic rings. The number of aromatic amines is 1. The molecule has 0 aliphatic heterocycles. The molecular formula is C18H18N2O3. The first-order valence-corrected chi connectivity index (χ1v) is 7.25. The monoisotopic (exact) mass is 310 g/mol. The number of aromatic nitrogens is 1. The molecule has 0 atom stereocenters. The Morgan fingerprint density at radius 2 is 2.17 bits per heavy atom. The van der Waals surface area contributed by atoms with Crippen LogP contribution in [0.2, 0.25) is 0 Å². The highest BCUT2D eigenvalue weighted by Crippen LogP contribution is 2.36. The number of allylic oxidation sites excluding steroid dienone is 1. The third-order valence-electron chi connectivity index (χ3n) is 3.41. The zero-order chi connectivity index (χ0) is 17.0. The van der Waals surface area contributed by atoms with Gasteiger partial charge in [0.25, 0.3) is 5.56 Å². The molecule has 5 heteroatoms. The van der Waals surface area contributed by atoms with E-state index in [1.807, 2.05) is 13.0 Å². The molecule has 0 amide bonds. The number of nitrogens with one attached hydrogen (secondary N) is 1. The van der Waals surface area contributed by atoms with Gasteiger partial charge in [0.15, 0.2) is 11.5 Å². The molecule has 0 aliphatic rings. The summed E-state index contributed by atoms with van der Waals surface area (Å²) in [7, 11) is 0. The highest BCUT2D eigenvalue weighted by molar-refractivity contribution is 5.74. The second-order valence-corrected chi connectivity index (χ2v) is 5.09. The molecule has 1 aromatic carbocycles. The molecule has 23 heavy (non-hydrogen) atoms. The summed E-state index contributed by atoms with van der Waals surface area (Å²) < 4.78 is 5.47. The van der Waals surface area contributed by atoms with E-state index in [0.717, 1.165) is 0 Å². The Labute approximate surface area is 134 Å². The van der Waals surface area contributed by atoms with Crippen molar-refractivity contribution in [3.05, 3.63) is 58.0 Å². The van der Waals surface area contributed by atoms with Crippen LogP contribution in [0.3, 0.4) is 0 Å². The Balaban J connectivity index is 2.76. The Kier molecular flexibility index (Phi) is 4.87. The largest absolute Gasteiger partial charge is 0.504 e. The summed E-state index contributed by atoms with van der Waals surface area (Å²) in [4.78, 5) is 14.6. The second kappa shape index (κ2) is 6.84. The number of hydrogen-bond donors (Lipinski definition) is 2. The van der Waals surface area contributed by atoms with Crippen LogP contribution in [0.25, 0.3) is 11.1 Å². The molecule has 0 saturated heterocycles. The van der Waals surface area contributed by atoms with Crippen molar-refractivity contribution in [2.75, 3.05) is 6.61 Å². The van der Waals surface area contributed by atoms with E-state index in [4.69, 9.17) is 4.74 Å². The van der Waals surface area contributed by atoms with Crippen LogP contribution in [-0.2, 0) is 6.42 Å². The number of nitriles is 1. The van der Waals surface area contributed by atoms with Gasteiger partial charge in [-0.2, -0.15) is 5.26 Å². The lowest BCUT2D eigenvalue weighted by atomic mass is 9.97. The number of aryl methyl sites for hydroxylation is 1. The number of pyridine rings is 1. The van der Waals surface area contributed by atoms with Crippen molar-refractivity contribution in [1.29, 1.82) is 5.26 Å². The van der Waals surface area contributed by atoms with Crippen LogP contribution in [0.4, 0.5) is 0 Å². The molecule has 5 nitrogen and oxygen atoms in total. The van der Waals surface area contributed by atoms with Gasteiger partial charge >= 0.3 is 0 Å². The standard InChI is InChI=1S/C18H18N2O3/c1-4-6-12-8-13(9-16(17(12)21)23-5-2)14-7-11(3)20-18(22)15(14)10-19/h4,7-9,21H,1,5-6H2,2-3H3,(H,20,22). The fourth-order valence-electron chi connectivity index (χ4n) is 2.43. The molecular weight excluding hydrogens is 292 g/mol. The molecule has 0 bridgehead atoms. The smallest absolute Gasteiger partial charge is 0.266 e. The molecule has 0 radical (unpaired) electrons. The molecule has 1 aromatic heterocycles. The third-order valence-corrected chi connectivity index (χ3v) is 3.41. The van der Waals surface area contributed by atoms with Crippen LogP contribution in [0.5, 0.6) is 11.5 Å². The zero-order valence-corrected chi connectivity index (χ0v) is 13.1. The summed E-state index contributed by atoms with van der Waals surface area (Å²) in [6.45, 7) is 7.64. The summed E-state index contributed by atoms with van der Waals surface area (Å²) in [5, 5.41) is 19.5. The van der Waals surface area contributed by atoms with Gasteiger partial charge < -0.3 is 14.8 Å². The predicted molar refractivity (Wildman–Crippen MR) is 88.7 cm³/mol. The molecule has 0 unspecified atom stereocenters. The number of phenolic OH excluding ortho intramolecular Hbond substituents is 1.